The van der Waals surface area contributed by atoms with E-state index in [1.807, 2.05) is 6.92 Å². The smallest absolute Gasteiger partial charge is 0.220 e. The standard InChI is InChI=1S/C19H27N3O2/c1-4-21-16(23)6-5-13-10-20-8-7-14-11-22-19-12(2)9-15(24-3)17(13)18(14)19/h9,11,13,20,22H,4-8,10H2,1-3H3,(H,21,23). The molecule has 3 N–H and O–H groups in total. The number of aromatic amines is 1. The van der Waals surface area contributed by atoms with Gasteiger partial charge in [-0.05, 0) is 50.4 Å². The Balaban J connectivity index is 2.03. The first-order valence-electron chi connectivity index (χ1n) is 8.80. The molecule has 1 atom stereocenters. The molecule has 0 aliphatic carbocycles. The lowest BCUT2D eigenvalue weighted by Gasteiger charge is -2.25. The lowest BCUT2D eigenvalue weighted by Crippen LogP contribution is -2.28. The Morgan fingerprint density at radius 2 is 2.29 bits per heavy atom. The maximum Gasteiger partial charge on any atom is 0.220 e. The van der Waals surface area contributed by atoms with E-state index in [4.69, 9.17) is 4.74 Å². The number of hydrogen-bond donors (Lipinski definition) is 3. The van der Waals surface area contributed by atoms with Gasteiger partial charge in [-0.3, -0.25) is 4.79 Å². The van der Waals surface area contributed by atoms with Crippen LogP contribution in [0.5, 0.6) is 5.75 Å². The summed E-state index contributed by atoms with van der Waals surface area (Å²) in [6, 6.07) is 2.11. The molecular weight excluding hydrogens is 302 g/mol. The highest BCUT2D eigenvalue weighted by atomic mass is 16.5. The second-order valence-corrected chi connectivity index (χ2v) is 6.52. The molecule has 0 radical (unpaired) electrons. The van der Waals surface area contributed by atoms with Crippen LogP contribution in [0, 0.1) is 6.92 Å². The Bertz CT molecular complexity index is 736. The van der Waals surface area contributed by atoms with Crippen molar-refractivity contribution in [1.29, 1.82) is 0 Å². The summed E-state index contributed by atoms with van der Waals surface area (Å²) in [5, 5.41) is 7.72. The molecule has 0 fully saturated rings. The van der Waals surface area contributed by atoms with Crippen LogP contribution in [0.25, 0.3) is 10.9 Å². The normalized spacial score (nSPS) is 17.4. The molecule has 0 bridgehead atoms. The van der Waals surface area contributed by atoms with Crippen LogP contribution in [0.15, 0.2) is 12.3 Å². The minimum absolute atomic E-state index is 0.121. The van der Waals surface area contributed by atoms with E-state index in [-0.39, 0.29) is 11.8 Å². The summed E-state index contributed by atoms with van der Waals surface area (Å²) in [6.45, 7) is 6.58. The summed E-state index contributed by atoms with van der Waals surface area (Å²) in [7, 11) is 1.73. The first-order valence-corrected chi connectivity index (χ1v) is 8.80. The second-order valence-electron chi connectivity index (χ2n) is 6.52. The van der Waals surface area contributed by atoms with Gasteiger partial charge in [-0.15, -0.1) is 0 Å². The van der Waals surface area contributed by atoms with Gasteiger partial charge in [0, 0.05) is 48.1 Å². The molecule has 1 unspecified atom stereocenters. The molecule has 1 aromatic carbocycles. The van der Waals surface area contributed by atoms with E-state index in [9.17, 15) is 4.79 Å². The Kier molecular flexibility index (Phi) is 5.09. The number of hydrogen-bond acceptors (Lipinski definition) is 3. The van der Waals surface area contributed by atoms with Crippen LogP contribution in [-0.4, -0.2) is 37.6 Å². The van der Waals surface area contributed by atoms with Crippen LogP contribution in [0.1, 0.15) is 42.4 Å². The summed E-state index contributed by atoms with van der Waals surface area (Å²) in [5.74, 6) is 1.32. The van der Waals surface area contributed by atoms with Gasteiger partial charge >= 0.3 is 0 Å². The van der Waals surface area contributed by atoms with E-state index >= 15 is 0 Å². The molecule has 24 heavy (non-hydrogen) atoms. The van der Waals surface area contributed by atoms with Gasteiger partial charge in [0.1, 0.15) is 5.75 Å². The predicted molar refractivity (Wildman–Crippen MR) is 96.8 cm³/mol. The van der Waals surface area contributed by atoms with Crippen molar-refractivity contribution in [2.24, 2.45) is 0 Å². The van der Waals surface area contributed by atoms with Crippen LogP contribution in [0.2, 0.25) is 0 Å². The van der Waals surface area contributed by atoms with E-state index in [1.54, 1.807) is 7.11 Å². The zero-order valence-electron chi connectivity index (χ0n) is 14.8. The van der Waals surface area contributed by atoms with Gasteiger partial charge < -0.3 is 20.4 Å². The number of carbonyl (C=O) groups is 1. The van der Waals surface area contributed by atoms with E-state index in [0.29, 0.717) is 13.0 Å². The highest BCUT2D eigenvalue weighted by Gasteiger charge is 2.25. The number of ether oxygens (including phenoxy) is 1. The van der Waals surface area contributed by atoms with Crippen LogP contribution >= 0.6 is 0 Å². The minimum Gasteiger partial charge on any atom is -0.496 e. The van der Waals surface area contributed by atoms with Crippen LogP contribution < -0.4 is 15.4 Å². The molecule has 2 aromatic rings. The predicted octanol–water partition coefficient (Wildman–Crippen LogP) is 2.63. The molecule has 5 heteroatoms. The minimum atomic E-state index is 0.121. The average molecular weight is 329 g/mol. The topological polar surface area (TPSA) is 66.2 Å². The van der Waals surface area contributed by atoms with Crippen LogP contribution in [-0.2, 0) is 11.2 Å². The third-order valence-electron chi connectivity index (χ3n) is 4.92. The number of aromatic nitrogens is 1. The van der Waals surface area contributed by atoms with Crippen molar-refractivity contribution in [2.45, 2.75) is 39.0 Å². The monoisotopic (exact) mass is 329 g/mol. The Hall–Kier alpha value is -2.01. The van der Waals surface area contributed by atoms with Crippen molar-refractivity contribution >= 4 is 16.8 Å². The third kappa shape index (κ3) is 3.13. The van der Waals surface area contributed by atoms with Crippen LogP contribution in [0.4, 0.5) is 0 Å². The van der Waals surface area contributed by atoms with Gasteiger partial charge in [-0.2, -0.15) is 0 Å². The summed E-state index contributed by atoms with van der Waals surface area (Å²) in [5.41, 5.74) is 4.97. The van der Waals surface area contributed by atoms with Crippen molar-refractivity contribution in [1.82, 2.24) is 15.6 Å². The molecule has 0 spiro atoms. The SMILES string of the molecule is CCNC(=O)CCC1CNCCc2c[nH]c3c(C)cc(OC)c1c23. The molecular formula is C19H27N3O2. The van der Waals surface area contributed by atoms with E-state index in [1.165, 1.54) is 27.6 Å². The number of nitrogens with one attached hydrogen (secondary N) is 3. The number of methoxy groups -OCH3 is 1. The fraction of sp³-hybridized carbons (Fsp3) is 0.526. The van der Waals surface area contributed by atoms with Crippen molar-refractivity contribution in [2.75, 3.05) is 26.7 Å². The maximum absolute atomic E-state index is 11.9. The first-order chi connectivity index (χ1) is 11.7. The molecule has 1 aliphatic rings. The molecule has 3 rings (SSSR count). The number of carbonyl (C=O) groups excluding carboxylic acids is 1. The zero-order valence-corrected chi connectivity index (χ0v) is 14.8. The third-order valence-corrected chi connectivity index (χ3v) is 4.92. The van der Waals surface area contributed by atoms with Gasteiger partial charge in [0.15, 0.2) is 0 Å². The lowest BCUT2D eigenvalue weighted by molar-refractivity contribution is -0.121. The van der Waals surface area contributed by atoms with Crippen LogP contribution in [0.3, 0.4) is 0 Å². The largest absolute Gasteiger partial charge is 0.496 e. The fourth-order valence-corrected chi connectivity index (χ4v) is 3.76. The molecule has 1 aliphatic heterocycles. The van der Waals surface area contributed by atoms with Gasteiger partial charge in [0.25, 0.3) is 0 Å². The van der Waals surface area contributed by atoms with Crippen molar-refractivity contribution in [3.05, 3.63) is 29.0 Å². The second kappa shape index (κ2) is 7.26. The number of rotatable bonds is 5. The highest BCUT2D eigenvalue weighted by Crippen LogP contribution is 2.40. The molecule has 0 saturated carbocycles. The molecule has 2 heterocycles. The number of aryl methyl sites for hydroxylation is 1. The number of amides is 1. The summed E-state index contributed by atoms with van der Waals surface area (Å²) in [4.78, 5) is 15.4. The van der Waals surface area contributed by atoms with Gasteiger partial charge in [-0.25, -0.2) is 0 Å². The number of H-pyrrole nitrogens is 1. The van der Waals surface area contributed by atoms with Gasteiger partial charge in [0.2, 0.25) is 5.91 Å². The Labute approximate surface area is 143 Å². The van der Waals surface area contributed by atoms with E-state index in [2.05, 4.69) is 34.8 Å². The Morgan fingerprint density at radius 1 is 1.46 bits per heavy atom. The molecule has 1 amide bonds. The summed E-state index contributed by atoms with van der Waals surface area (Å²) >= 11 is 0. The van der Waals surface area contributed by atoms with Gasteiger partial charge in [0.05, 0.1) is 7.11 Å². The average Bonchev–Trinajstić information content (AvgIpc) is 2.97. The lowest BCUT2D eigenvalue weighted by atomic mass is 9.86. The zero-order chi connectivity index (χ0) is 17.1. The number of benzene rings is 1. The van der Waals surface area contributed by atoms with E-state index in [0.717, 1.165) is 31.7 Å². The van der Waals surface area contributed by atoms with E-state index < -0.39 is 0 Å². The van der Waals surface area contributed by atoms with Crippen molar-refractivity contribution in [3.8, 4) is 5.75 Å². The molecule has 1 aromatic heterocycles. The van der Waals surface area contributed by atoms with Gasteiger partial charge in [-0.1, -0.05) is 0 Å². The van der Waals surface area contributed by atoms with Crippen molar-refractivity contribution in [3.63, 3.8) is 0 Å². The quantitative estimate of drug-likeness (QED) is 0.790. The first kappa shape index (κ1) is 16.8. The molecule has 130 valence electrons. The maximum atomic E-state index is 11.9. The Morgan fingerprint density at radius 3 is 3.04 bits per heavy atom. The fourth-order valence-electron chi connectivity index (χ4n) is 3.76. The summed E-state index contributed by atoms with van der Waals surface area (Å²) in [6.07, 6.45) is 4.48. The van der Waals surface area contributed by atoms with Crippen molar-refractivity contribution < 1.29 is 9.53 Å². The summed E-state index contributed by atoms with van der Waals surface area (Å²) < 4.78 is 5.72. The molecule has 5 nitrogen and oxygen atoms in total. The highest BCUT2D eigenvalue weighted by molar-refractivity contribution is 5.92. The molecule has 0 saturated heterocycles.